The van der Waals surface area contributed by atoms with Crippen LogP contribution in [0.1, 0.15) is 31.1 Å². The lowest BCUT2D eigenvalue weighted by atomic mass is 10.2. The van der Waals surface area contributed by atoms with Gasteiger partial charge in [0.15, 0.2) is 0 Å². The average molecular weight is 316 g/mol. The molecule has 5 nitrogen and oxygen atoms in total. The van der Waals surface area contributed by atoms with Crippen molar-refractivity contribution < 1.29 is 13.2 Å². The van der Waals surface area contributed by atoms with E-state index >= 15 is 0 Å². The molecule has 1 saturated heterocycles. The number of rotatable bonds is 6. The van der Waals surface area contributed by atoms with E-state index in [0.717, 1.165) is 11.3 Å². The first-order valence-corrected chi connectivity index (χ1v) is 9.36. The summed E-state index contributed by atoms with van der Waals surface area (Å²) in [5, 5.41) is 5.21. The maximum absolute atomic E-state index is 12.5. The SMILES string of the molecule is CC1OCCC1NS(=O)(=O)c1ccsc1CNC1CC1. The van der Waals surface area contributed by atoms with Crippen molar-refractivity contribution >= 4 is 21.4 Å². The maximum atomic E-state index is 12.5. The van der Waals surface area contributed by atoms with Gasteiger partial charge in [-0.25, -0.2) is 13.1 Å². The Balaban J connectivity index is 1.71. The summed E-state index contributed by atoms with van der Waals surface area (Å²) in [7, 11) is -3.45. The fourth-order valence-electron chi connectivity index (χ4n) is 2.37. The molecule has 20 heavy (non-hydrogen) atoms. The number of hydrogen-bond donors (Lipinski definition) is 2. The molecule has 2 N–H and O–H groups in total. The maximum Gasteiger partial charge on any atom is 0.242 e. The highest BCUT2D eigenvalue weighted by molar-refractivity contribution is 7.89. The van der Waals surface area contributed by atoms with E-state index in [9.17, 15) is 8.42 Å². The van der Waals surface area contributed by atoms with Gasteiger partial charge in [-0.05, 0) is 37.6 Å². The summed E-state index contributed by atoms with van der Waals surface area (Å²) in [6, 6.07) is 2.14. The first-order chi connectivity index (χ1) is 9.56. The minimum Gasteiger partial charge on any atom is -0.377 e. The summed E-state index contributed by atoms with van der Waals surface area (Å²) in [6.45, 7) is 3.16. The molecule has 0 spiro atoms. The minimum absolute atomic E-state index is 0.0588. The fraction of sp³-hybridized carbons (Fsp3) is 0.692. The van der Waals surface area contributed by atoms with Crippen molar-refractivity contribution in [3.05, 3.63) is 16.3 Å². The molecule has 1 aromatic heterocycles. The zero-order chi connectivity index (χ0) is 14.2. The predicted molar refractivity (Wildman–Crippen MR) is 78.3 cm³/mol. The van der Waals surface area contributed by atoms with Gasteiger partial charge in [-0.15, -0.1) is 11.3 Å². The van der Waals surface area contributed by atoms with E-state index in [1.54, 1.807) is 6.07 Å². The minimum atomic E-state index is -3.45. The third-order valence-corrected chi connectivity index (χ3v) is 6.43. The lowest BCUT2D eigenvalue weighted by Crippen LogP contribution is -2.39. The van der Waals surface area contributed by atoms with E-state index in [4.69, 9.17) is 4.74 Å². The molecular formula is C13H20N2O3S2. The zero-order valence-electron chi connectivity index (χ0n) is 11.5. The van der Waals surface area contributed by atoms with Crippen LogP contribution in [-0.4, -0.2) is 33.2 Å². The Kier molecular flexibility index (Phi) is 4.14. The Hall–Kier alpha value is -0.470. The second kappa shape index (κ2) is 5.73. The molecule has 0 bridgehead atoms. The molecule has 1 aliphatic heterocycles. The molecule has 1 saturated carbocycles. The summed E-state index contributed by atoms with van der Waals surface area (Å²) in [4.78, 5) is 1.30. The topological polar surface area (TPSA) is 67.4 Å². The normalized spacial score (nSPS) is 27.1. The van der Waals surface area contributed by atoms with Gasteiger partial charge in [0.1, 0.15) is 0 Å². The highest BCUT2D eigenvalue weighted by Crippen LogP contribution is 2.26. The Morgan fingerprint density at radius 1 is 1.40 bits per heavy atom. The van der Waals surface area contributed by atoms with Crippen LogP contribution in [0.5, 0.6) is 0 Å². The lowest BCUT2D eigenvalue weighted by Gasteiger charge is -2.16. The Labute approximate surface area is 123 Å². The molecule has 112 valence electrons. The summed E-state index contributed by atoms with van der Waals surface area (Å²) in [6.07, 6.45) is 3.07. The quantitative estimate of drug-likeness (QED) is 0.834. The van der Waals surface area contributed by atoms with Crippen molar-refractivity contribution in [2.75, 3.05) is 6.61 Å². The molecular weight excluding hydrogens is 296 g/mol. The van der Waals surface area contributed by atoms with E-state index in [0.29, 0.717) is 24.1 Å². The van der Waals surface area contributed by atoms with Crippen LogP contribution in [0.15, 0.2) is 16.3 Å². The molecule has 3 rings (SSSR count). The number of nitrogens with one attached hydrogen (secondary N) is 2. The fourth-order valence-corrected chi connectivity index (χ4v) is 5.10. The van der Waals surface area contributed by atoms with Gasteiger partial charge in [0, 0.05) is 24.1 Å². The van der Waals surface area contributed by atoms with Gasteiger partial charge in [0.05, 0.1) is 17.0 Å². The second-order valence-electron chi connectivity index (χ2n) is 5.46. The van der Waals surface area contributed by atoms with Crippen LogP contribution in [0.4, 0.5) is 0 Å². The van der Waals surface area contributed by atoms with Crippen LogP contribution in [0, 0.1) is 0 Å². The molecule has 2 fully saturated rings. The average Bonchev–Trinajstić information content (AvgIpc) is 2.95. The molecule has 0 radical (unpaired) electrons. The van der Waals surface area contributed by atoms with Gasteiger partial charge in [0.25, 0.3) is 0 Å². The van der Waals surface area contributed by atoms with Crippen molar-refractivity contribution in [2.45, 2.75) is 55.8 Å². The molecule has 7 heteroatoms. The Morgan fingerprint density at radius 2 is 2.20 bits per heavy atom. The third kappa shape index (κ3) is 3.23. The number of ether oxygens (including phenoxy) is 1. The van der Waals surface area contributed by atoms with Crippen LogP contribution < -0.4 is 10.0 Å². The lowest BCUT2D eigenvalue weighted by molar-refractivity contribution is 0.117. The van der Waals surface area contributed by atoms with Gasteiger partial charge in [-0.3, -0.25) is 0 Å². The van der Waals surface area contributed by atoms with Crippen LogP contribution in [0.2, 0.25) is 0 Å². The van der Waals surface area contributed by atoms with E-state index in [-0.39, 0.29) is 12.1 Å². The number of thiophene rings is 1. The van der Waals surface area contributed by atoms with E-state index < -0.39 is 10.0 Å². The molecule has 0 aromatic carbocycles. The van der Waals surface area contributed by atoms with E-state index in [2.05, 4.69) is 10.0 Å². The molecule has 1 aromatic rings. The zero-order valence-corrected chi connectivity index (χ0v) is 13.1. The smallest absolute Gasteiger partial charge is 0.242 e. The summed E-state index contributed by atoms with van der Waals surface area (Å²) >= 11 is 1.49. The molecule has 2 heterocycles. The molecule has 2 aliphatic rings. The highest BCUT2D eigenvalue weighted by atomic mass is 32.2. The predicted octanol–water partition coefficient (Wildman–Crippen LogP) is 1.46. The highest BCUT2D eigenvalue weighted by Gasteiger charge is 2.31. The van der Waals surface area contributed by atoms with Crippen LogP contribution >= 0.6 is 11.3 Å². The number of sulfonamides is 1. The molecule has 2 unspecified atom stereocenters. The second-order valence-corrected chi connectivity index (χ2v) is 8.14. The molecule has 1 aliphatic carbocycles. The summed E-state index contributed by atoms with van der Waals surface area (Å²) in [5.41, 5.74) is 0. The summed E-state index contributed by atoms with van der Waals surface area (Å²) < 4.78 is 33.2. The van der Waals surface area contributed by atoms with Crippen LogP contribution in [0.3, 0.4) is 0 Å². The molecule has 2 atom stereocenters. The van der Waals surface area contributed by atoms with Crippen molar-refractivity contribution in [3.63, 3.8) is 0 Å². The first kappa shape index (κ1) is 14.5. The Morgan fingerprint density at radius 3 is 2.85 bits per heavy atom. The van der Waals surface area contributed by atoms with Crippen molar-refractivity contribution in [1.29, 1.82) is 0 Å². The van der Waals surface area contributed by atoms with Gasteiger partial charge in [-0.2, -0.15) is 0 Å². The molecule has 0 amide bonds. The van der Waals surface area contributed by atoms with Gasteiger partial charge >= 0.3 is 0 Å². The Bertz CT molecular complexity index is 566. The monoisotopic (exact) mass is 316 g/mol. The van der Waals surface area contributed by atoms with Crippen molar-refractivity contribution in [2.24, 2.45) is 0 Å². The van der Waals surface area contributed by atoms with Gasteiger partial charge in [0.2, 0.25) is 10.0 Å². The third-order valence-electron chi connectivity index (χ3n) is 3.81. The standard InChI is InChI=1S/C13H20N2O3S2/c1-9-11(4-6-18-9)15-20(16,17)13-5-7-19-12(13)8-14-10-2-3-10/h5,7,9-11,14-15H,2-4,6,8H2,1H3. The number of hydrogen-bond acceptors (Lipinski definition) is 5. The van der Waals surface area contributed by atoms with Crippen LogP contribution in [-0.2, 0) is 21.3 Å². The van der Waals surface area contributed by atoms with Gasteiger partial charge < -0.3 is 10.1 Å². The van der Waals surface area contributed by atoms with E-state index in [1.165, 1.54) is 24.2 Å². The summed E-state index contributed by atoms with van der Waals surface area (Å²) in [5.74, 6) is 0. The van der Waals surface area contributed by atoms with Gasteiger partial charge in [-0.1, -0.05) is 0 Å². The van der Waals surface area contributed by atoms with Crippen molar-refractivity contribution in [1.82, 2.24) is 10.0 Å². The first-order valence-electron chi connectivity index (χ1n) is 7.00. The van der Waals surface area contributed by atoms with Crippen LogP contribution in [0.25, 0.3) is 0 Å². The van der Waals surface area contributed by atoms with E-state index in [1.807, 2.05) is 12.3 Å². The van der Waals surface area contributed by atoms with Crippen molar-refractivity contribution in [3.8, 4) is 0 Å². The largest absolute Gasteiger partial charge is 0.377 e.